The third-order valence-electron chi connectivity index (χ3n) is 8.11. The van der Waals surface area contributed by atoms with Crippen LogP contribution in [0.2, 0.25) is 0 Å². The molecule has 2 aromatic carbocycles. The van der Waals surface area contributed by atoms with Gasteiger partial charge in [0.05, 0.1) is 20.3 Å². The Morgan fingerprint density at radius 2 is 1.71 bits per heavy atom. The molecule has 4 aliphatic rings. The van der Waals surface area contributed by atoms with E-state index in [1.807, 2.05) is 12.1 Å². The molecule has 2 aromatic rings. The highest BCUT2D eigenvalue weighted by atomic mass is 16.6. The van der Waals surface area contributed by atoms with Gasteiger partial charge in [0, 0.05) is 6.54 Å². The van der Waals surface area contributed by atoms with Crippen molar-refractivity contribution in [3.05, 3.63) is 47.5 Å². The van der Waals surface area contributed by atoms with Crippen LogP contribution in [0.25, 0.3) is 11.1 Å². The van der Waals surface area contributed by atoms with Gasteiger partial charge >= 0.3 is 6.09 Å². The predicted molar refractivity (Wildman–Crippen MR) is 132 cm³/mol. The molecule has 1 amide bonds. The molecule has 0 aromatic heterocycles. The average molecular weight is 465 g/mol. The molecule has 1 N–H and O–H groups in total. The highest BCUT2D eigenvalue weighted by molar-refractivity contribution is 5.71. The first-order chi connectivity index (χ1) is 16.4. The summed E-state index contributed by atoms with van der Waals surface area (Å²) in [6.07, 6.45) is 3.98. The molecule has 3 fully saturated rings. The van der Waals surface area contributed by atoms with E-state index in [4.69, 9.17) is 14.2 Å². The first kappa shape index (κ1) is 23.0. The molecular weight excluding hydrogens is 428 g/mol. The first-order valence-electron chi connectivity index (χ1n) is 12.4. The van der Waals surface area contributed by atoms with Gasteiger partial charge in [-0.3, -0.25) is 4.90 Å². The van der Waals surface area contributed by atoms with Crippen molar-refractivity contribution in [3.8, 4) is 22.6 Å². The van der Waals surface area contributed by atoms with Crippen molar-refractivity contribution in [2.45, 2.75) is 51.7 Å². The fourth-order valence-corrected chi connectivity index (χ4v) is 5.93. The largest absolute Gasteiger partial charge is 0.493 e. The van der Waals surface area contributed by atoms with Crippen molar-refractivity contribution in [1.82, 2.24) is 10.2 Å². The van der Waals surface area contributed by atoms with Crippen LogP contribution >= 0.6 is 0 Å². The summed E-state index contributed by atoms with van der Waals surface area (Å²) >= 11 is 0. The number of ether oxygens (including phenoxy) is 3. The van der Waals surface area contributed by atoms with Crippen molar-refractivity contribution in [2.24, 2.45) is 11.3 Å². The standard InChI is InChI=1S/C28H36N2O4/c1-28(2)12-9-21-15-19(20-6-8-23(32-3)24(16-20)33-4)5-7-22(21)26(28)29-27(31)34-25-17-30-13-10-18(25)11-14-30/h5-8,15-16,18,25-26H,9-14,17H2,1-4H3,(H,29,31)/t25-,26?/m1/s1. The molecule has 182 valence electrons. The maximum absolute atomic E-state index is 13.0. The zero-order valence-corrected chi connectivity index (χ0v) is 20.7. The topological polar surface area (TPSA) is 60.0 Å². The Morgan fingerprint density at radius 1 is 1.00 bits per heavy atom. The molecule has 3 saturated heterocycles. The SMILES string of the molecule is COc1ccc(-c2ccc3c(c2)CCC(C)(C)C3NC(=O)O[C@@H]2CN3CCC2CC3)cc1OC. The molecule has 1 unspecified atom stereocenters. The summed E-state index contributed by atoms with van der Waals surface area (Å²) in [7, 11) is 3.30. The lowest BCUT2D eigenvalue weighted by atomic mass is 9.70. The van der Waals surface area contributed by atoms with Gasteiger partial charge in [0.1, 0.15) is 6.10 Å². The Labute approximate surface area is 202 Å². The van der Waals surface area contributed by atoms with E-state index in [2.05, 4.69) is 48.3 Å². The predicted octanol–water partition coefficient (Wildman–Crippen LogP) is 5.20. The van der Waals surface area contributed by atoms with Crippen molar-refractivity contribution in [1.29, 1.82) is 0 Å². The van der Waals surface area contributed by atoms with Crippen LogP contribution in [-0.4, -0.2) is 51.0 Å². The number of benzene rings is 2. The lowest BCUT2D eigenvalue weighted by molar-refractivity contribution is -0.0353. The zero-order chi connectivity index (χ0) is 23.9. The molecule has 2 atom stereocenters. The van der Waals surface area contributed by atoms with Crippen LogP contribution in [0.3, 0.4) is 0 Å². The highest BCUT2D eigenvalue weighted by Crippen LogP contribution is 2.45. The molecule has 0 radical (unpaired) electrons. The van der Waals surface area contributed by atoms with Crippen molar-refractivity contribution in [2.75, 3.05) is 33.9 Å². The molecule has 6 rings (SSSR count). The van der Waals surface area contributed by atoms with E-state index in [-0.39, 0.29) is 23.7 Å². The molecular formula is C28H36N2O4. The summed E-state index contributed by atoms with van der Waals surface area (Å²) in [5.41, 5.74) is 4.63. The summed E-state index contributed by atoms with van der Waals surface area (Å²) in [6, 6.07) is 12.5. The number of rotatable bonds is 5. The fraction of sp³-hybridized carbons (Fsp3) is 0.536. The molecule has 6 nitrogen and oxygen atoms in total. The molecule has 6 heteroatoms. The normalized spacial score (nSPS) is 26.9. The first-order valence-corrected chi connectivity index (χ1v) is 12.4. The van der Waals surface area contributed by atoms with Gasteiger partial charge in [-0.05, 0) is 84.5 Å². The van der Waals surface area contributed by atoms with Gasteiger partial charge in [0.25, 0.3) is 0 Å². The van der Waals surface area contributed by atoms with Gasteiger partial charge in [-0.2, -0.15) is 0 Å². The minimum Gasteiger partial charge on any atom is -0.493 e. The van der Waals surface area contributed by atoms with E-state index < -0.39 is 0 Å². The third kappa shape index (κ3) is 4.36. The van der Waals surface area contributed by atoms with Crippen LogP contribution in [0.4, 0.5) is 4.79 Å². The summed E-state index contributed by atoms with van der Waals surface area (Å²) in [4.78, 5) is 15.4. The van der Waals surface area contributed by atoms with Crippen LogP contribution < -0.4 is 14.8 Å². The van der Waals surface area contributed by atoms with Gasteiger partial charge in [-0.1, -0.05) is 38.1 Å². The Kier molecular flexibility index (Phi) is 6.19. The second kappa shape index (κ2) is 9.14. The summed E-state index contributed by atoms with van der Waals surface area (Å²) in [5, 5.41) is 3.25. The number of carbonyl (C=O) groups excluding carboxylic acids is 1. The molecule has 1 aliphatic carbocycles. The van der Waals surface area contributed by atoms with Crippen LogP contribution in [0.15, 0.2) is 36.4 Å². The Morgan fingerprint density at radius 3 is 2.38 bits per heavy atom. The molecule has 3 aliphatic heterocycles. The van der Waals surface area contributed by atoms with Gasteiger partial charge in [0.15, 0.2) is 11.5 Å². The number of nitrogens with zero attached hydrogens (tertiary/aromatic N) is 1. The lowest BCUT2D eigenvalue weighted by Gasteiger charge is -2.44. The second-order valence-electron chi connectivity index (χ2n) is 10.6. The summed E-state index contributed by atoms with van der Waals surface area (Å²) in [5.74, 6) is 1.94. The number of hydrogen-bond donors (Lipinski definition) is 1. The van der Waals surface area contributed by atoms with Crippen LogP contribution in [-0.2, 0) is 11.2 Å². The monoisotopic (exact) mass is 464 g/mol. The minimum absolute atomic E-state index is 0.0149. The molecule has 2 bridgehead atoms. The quantitative estimate of drug-likeness (QED) is 0.659. The third-order valence-corrected chi connectivity index (χ3v) is 8.11. The Bertz CT molecular complexity index is 1060. The summed E-state index contributed by atoms with van der Waals surface area (Å²) < 4.78 is 16.8. The van der Waals surface area contributed by atoms with Gasteiger partial charge in [-0.15, -0.1) is 0 Å². The number of hydrogen-bond acceptors (Lipinski definition) is 5. The van der Waals surface area contributed by atoms with E-state index >= 15 is 0 Å². The number of carbonyl (C=O) groups is 1. The van der Waals surface area contributed by atoms with Gasteiger partial charge < -0.3 is 19.5 Å². The van der Waals surface area contributed by atoms with E-state index in [0.29, 0.717) is 11.7 Å². The second-order valence-corrected chi connectivity index (χ2v) is 10.6. The number of methoxy groups -OCH3 is 2. The van der Waals surface area contributed by atoms with Crippen molar-refractivity contribution < 1.29 is 19.0 Å². The molecule has 34 heavy (non-hydrogen) atoms. The number of fused-ring (bicyclic) bond motifs is 4. The van der Waals surface area contributed by atoms with Gasteiger partial charge in [0.2, 0.25) is 0 Å². The number of nitrogens with one attached hydrogen (secondary N) is 1. The number of amides is 1. The maximum Gasteiger partial charge on any atom is 0.407 e. The van der Waals surface area contributed by atoms with Crippen molar-refractivity contribution >= 4 is 6.09 Å². The summed E-state index contributed by atoms with van der Waals surface area (Å²) in [6.45, 7) is 7.61. The Balaban J connectivity index is 1.36. The van der Waals surface area contributed by atoms with E-state index in [9.17, 15) is 4.79 Å². The van der Waals surface area contributed by atoms with E-state index in [1.165, 1.54) is 11.1 Å². The van der Waals surface area contributed by atoms with Crippen LogP contribution in [0.1, 0.15) is 50.3 Å². The maximum atomic E-state index is 13.0. The number of alkyl carbamates (subject to hydrolysis) is 1. The highest BCUT2D eigenvalue weighted by Gasteiger charge is 2.40. The number of aryl methyl sites for hydroxylation is 1. The average Bonchev–Trinajstić information content (AvgIpc) is 2.86. The molecule has 0 saturated carbocycles. The minimum atomic E-state index is -0.284. The molecule has 0 spiro atoms. The number of piperidine rings is 3. The van der Waals surface area contributed by atoms with Crippen LogP contribution in [0, 0.1) is 11.3 Å². The Hall–Kier alpha value is -2.73. The van der Waals surface area contributed by atoms with E-state index in [1.54, 1.807) is 14.2 Å². The van der Waals surface area contributed by atoms with Crippen LogP contribution in [0.5, 0.6) is 11.5 Å². The molecule has 3 heterocycles. The fourth-order valence-electron chi connectivity index (χ4n) is 5.93. The zero-order valence-electron chi connectivity index (χ0n) is 20.7. The lowest BCUT2D eigenvalue weighted by Crippen LogP contribution is -2.53. The van der Waals surface area contributed by atoms with E-state index in [0.717, 1.165) is 62.2 Å². The van der Waals surface area contributed by atoms with Gasteiger partial charge in [-0.25, -0.2) is 4.79 Å². The van der Waals surface area contributed by atoms with Crippen molar-refractivity contribution in [3.63, 3.8) is 0 Å². The smallest absolute Gasteiger partial charge is 0.407 e.